The van der Waals surface area contributed by atoms with E-state index in [1.165, 1.54) is 0 Å². The van der Waals surface area contributed by atoms with Crippen molar-refractivity contribution in [3.63, 3.8) is 0 Å². The number of hydrogen-bond donors (Lipinski definition) is 2. The highest BCUT2D eigenvalue weighted by molar-refractivity contribution is 6.06. The number of carboxylic acid groups (broad SMARTS) is 1. The minimum Gasteiger partial charge on any atom is -0.480 e. The fourth-order valence-corrected chi connectivity index (χ4v) is 3.94. The first kappa shape index (κ1) is 15.3. The van der Waals surface area contributed by atoms with Gasteiger partial charge in [-0.2, -0.15) is 0 Å². The summed E-state index contributed by atoms with van der Waals surface area (Å²) in [7, 11) is 1.96. The first-order chi connectivity index (χ1) is 10.6. The molecule has 2 saturated heterocycles. The summed E-state index contributed by atoms with van der Waals surface area (Å²) in [5, 5.41) is 13.3. The van der Waals surface area contributed by atoms with E-state index in [0.29, 0.717) is 19.6 Å². The zero-order valence-corrected chi connectivity index (χ0v) is 13.3. The van der Waals surface area contributed by atoms with Crippen molar-refractivity contribution < 1.29 is 14.6 Å². The molecule has 2 heterocycles. The molecular formula is C16H25N3O3. The maximum absolute atomic E-state index is 12.1. The van der Waals surface area contributed by atoms with E-state index in [0.717, 1.165) is 37.5 Å². The Kier molecular flexibility index (Phi) is 4.12. The molecule has 2 N–H and O–H groups in total. The zero-order valence-electron chi connectivity index (χ0n) is 13.3. The van der Waals surface area contributed by atoms with Crippen LogP contribution in [0.1, 0.15) is 32.6 Å². The minimum atomic E-state index is -0.806. The average Bonchev–Trinajstić information content (AvgIpc) is 2.88. The number of aliphatic carboxylic acids is 1. The Morgan fingerprint density at radius 2 is 2.27 bits per heavy atom. The van der Waals surface area contributed by atoms with E-state index in [2.05, 4.69) is 5.32 Å². The second-order valence-electron chi connectivity index (χ2n) is 6.56. The molecule has 3 fully saturated rings. The number of allylic oxidation sites excluding steroid dienone is 1. The van der Waals surface area contributed by atoms with Crippen LogP contribution in [-0.2, 0) is 9.53 Å². The van der Waals surface area contributed by atoms with Gasteiger partial charge in [0.1, 0.15) is 17.1 Å². The zero-order chi connectivity index (χ0) is 15.7. The van der Waals surface area contributed by atoms with Gasteiger partial charge in [-0.1, -0.05) is 6.42 Å². The molecule has 22 heavy (non-hydrogen) atoms. The molecule has 2 aliphatic heterocycles. The molecule has 2 unspecified atom stereocenters. The number of hydrogen-bond acceptors (Lipinski definition) is 4. The number of rotatable bonds is 4. The van der Waals surface area contributed by atoms with Crippen molar-refractivity contribution >= 4 is 11.8 Å². The normalized spacial score (nSPS) is 34.5. The van der Waals surface area contributed by atoms with Crippen LogP contribution < -0.4 is 5.32 Å². The van der Waals surface area contributed by atoms with Gasteiger partial charge in [-0.25, -0.2) is 4.99 Å². The number of piperidine rings is 1. The smallest absolute Gasteiger partial charge is 0.317 e. The Bertz CT molecular complexity index is 513. The van der Waals surface area contributed by atoms with Crippen molar-refractivity contribution in [1.82, 2.24) is 10.2 Å². The Balaban J connectivity index is 1.92. The van der Waals surface area contributed by atoms with E-state index >= 15 is 0 Å². The molecule has 6 heteroatoms. The van der Waals surface area contributed by atoms with Gasteiger partial charge in [-0.3, -0.25) is 4.79 Å². The van der Waals surface area contributed by atoms with Crippen LogP contribution in [0.15, 0.2) is 16.9 Å². The van der Waals surface area contributed by atoms with Gasteiger partial charge in [0.05, 0.1) is 19.3 Å². The Hall–Kier alpha value is -1.56. The number of nitrogens with one attached hydrogen (secondary N) is 1. The van der Waals surface area contributed by atoms with Crippen molar-refractivity contribution in [2.24, 2.45) is 16.3 Å². The summed E-state index contributed by atoms with van der Waals surface area (Å²) in [6.07, 6.45) is 5.51. The van der Waals surface area contributed by atoms with Crippen LogP contribution in [0.3, 0.4) is 0 Å². The number of carbonyl (C=O) groups is 1. The number of nitrogens with zero attached hydrogens (tertiary/aromatic N) is 2. The number of amidine groups is 1. The third-order valence-corrected chi connectivity index (χ3v) is 5.27. The Morgan fingerprint density at radius 1 is 1.50 bits per heavy atom. The highest BCUT2D eigenvalue weighted by Crippen LogP contribution is 2.49. The molecule has 1 aliphatic carbocycles. The molecule has 0 aromatic heterocycles. The molecule has 6 nitrogen and oxygen atoms in total. The van der Waals surface area contributed by atoms with E-state index in [9.17, 15) is 9.90 Å². The Morgan fingerprint density at radius 3 is 2.86 bits per heavy atom. The molecule has 1 saturated carbocycles. The van der Waals surface area contributed by atoms with Crippen LogP contribution in [-0.4, -0.2) is 54.7 Å². The van der Waals surface area contributed by atoms with Crippen molar-refractivity contribution in [3.05, 3.63) is 11.9 Å². The van der Waals surface area contributed by atoms with Gasteiger partial charge in [0.25, 0.3) is 0 Å². The van der Waals surface area contributed by atoms with Crippen molar-refractivity contribution in [1.29, 1.82) is 0 Å². The van der Waals surface area contributed by atoms with Crippen molar-refractivity contribution in [3.8, 4) is 0 Å². The maximum atomic E-state index is 12.1. The molecule has 0 aromatic rings. The Labute approximate surface area is 131 Å². The van der Waals surface area contributed by atoms with Gasteiger partial charge in [0.15, 0.2) is 0 Å². The largest absolute Gasteiger partial charge is 0.480 e. The van der Waals surface area contributed by atoms with E-state index < -0.39 is 11.4 Å². The average molecular weight is 307 g/mol. The summed E-state index contributed by atoms with van der Waals surface area (Å²) < 4.78 is 5.18. The van der Waals surface area contributed by atoms with E-state index in [-0.39, 0.29) is 12.0 Å². The lowest BCUT2D eigenvalue weighted by atomic mass is 9.72. The molecule has 2 atom stereocenters. The van der Waals surface area contributed by atoms with Crippen LogP contribution >= 0.6 is 0 Å². The number of carboxylic acids is 1. The van der Waals surface area contributed by atoms with Gasteiger partial charge < -0.3 is 20.1 Å². The molecule has 0 radical (unpaired) electrons. The van der Waals surface area contributed by atoms with E-state index in [1.807, 2.05) is 24.9 Å². The lowest BCUT2D eigenvalue weighted by Gasteiger charge is -2.42. The topological polar surface area (TPSA) is 74.2 Å². The first-order valence-corrected chi connectivity index (χ1v) is 8.12. The number of aliphatic imine (C=N–C) groups is 1. The van der Waals surface area contributed by atoms with E-state index in [4.69, 9.17) is 9.73 Å². The minimum absolute atomic E-state index is 0.213. The number of ether oxygens (including phenoxy) is 1. The molecule has 0 spiro atoms. The van der Waals surface area contributed by atoms with Crippen LogP contribution in [0.2, 0.25) is 0 Å². The lowest BCUT2D eigenvalue weighted by Crippen LogP contribution is -2.54. The van der Waals surface area contributed by atoms with Gasteiger partial charge in [0, 0.05) is 13.6 Å². The standard InChI is InChI=1S/C16H25N3O3/c1-3-13(17-12-9-22-10-12)18-14-16(15(20)21)7-4-5-11(16)6-8-19(14)2/h3,11-12,17H,4-10H2,1-2H3,(H,20,21)/b13-3-,18-14+. The van der Waals surface area contributed by atoms with Crippen LogP contribution in [0.4, 0.5) is 0 Å². The van der Waals surface area contributed by atoms with E-state index in [1.54, 1.807) is 0 Å². The fraction of sp³-hybridized carbons (Fsp3) is 0.750. The second-order valence-corrected chi connectivity index (χ2v) is 6.56. The monoisotopic (exact) mass is 307 g/mol. The maximum Gasteiger partial charge on any atom is 0.317 e. The van der Waals surface area contributed by atoms with Crippen LogP contribution in [0.25, 0.3) is 0 Å². The predicted octanol–water partition coefficient (Wildman–Crippen LogP) is 1.44. The van der Waals surface area contributed by atoms with Crippen LogP contribution in [0.5, 0.6) is 0 Å². The molecule has 0 bridgehead atoms. The van der Waals surface area contributed by atoms with Crippen molar-refractivity contribution in [2.45, 2.75) is 38.6 Å². The molecule has 0 amide bonds. The summed E-state index contributed by atoms with van der Waals surface area (Å²) in [5.74, 6) is 0.964. The van der Waals surface area contributed by atoms with Gasteiger partial charge in [-0.05, 0) is 38.2 Å². The molecule has 122 valence electrons. The van der Waals surface area contributed by atoms with Crippen LogP contribution in [0, 0.1) is 11.3 Å². The first-order valence-electron chi connectivity index (χ1n) is 8.12. The van der Waals surface area contributed by atoms with Crippen molar-refractivity contribution in [2.75, 3.05) is 26.8 Å². The third-order valence-electron chi connectivity index (χ3n) is 5.27. The van der Waals surface area contributed by atoms with Gasteiger partial charge >= 0.3 is 5.97 Å². The van der Waals surface area contributed by atoms with Gasteiger partial charge in [-0.15, -0.1) is 0 Å². The highest BCUT2D eigenvalue weighted by Gasteiger charge is 2.56. The lowest BCUT2D eigenvalue weighted by molar-refractivity contribution is -0.147. The summed E-state index contributed by atoms with van der Waals surface area (Å²) in [6.45, 7) is 4.17. The third kappa shape index (κ3) is 2.39. The number of likely N-dealkylation sites (tertiary alicyclic amines) is 1. The highest BCUT2D eigenvalue weighted by atomic mass is 16.5. The molecule has 0 aromatic carbocycles. The second kappa shape index (κ2) is 5.91. The quantitative estimate of drug-likeness (QED) is 0.822. The summed E-state index contributed by atoms with van der Waals surface area (Å²) in [4.78, 5) is 18.9. The summed E-state index contributed by atoms with van der Waals surface area (Å²) in [6, 6.07) is 0.282. The molecular weight excluding hydrogens is 282 g/mol. The fourth-order valence-electron chi connectivity index (χ4n) is 3.94. The summed E-state index contributed by atoms with van der Waals surface area (Å²) in [5.41, 5.74) is -0.806. The van der Waals surface area contributed by atoms with Gasteiger partial charge in [0.2, 0.25) is 0 Å². The predicted molar refractivity (Wildman–Crippen MR) is 83.6 cm³/mol. The number of fused-ring (bicyclic) bond motifs is 1. The SMILES string of the molecule is C/C=C(\N=C1\N(C)CCC2CCCC12C(=O)O)NC1COC1. The molecule has 3 aliphatic rings. The summed E-state index contributed by atoms with van der Waals surface area (Å²) >= 11 is 0. The molecule has 3 rings (SSSR count).